The zero-order valence-electron chi connectivity index (χ0n) is 12.0. The maximum atomic E-state index is 12.3. The van der Waals surface area contributed by atoms with E-state index < -0.39 is 5.91 Å². The van der Waals surface area contributed by atoms with Crippen LogP contribution in [0.3, 0.4) is 0 Å². The van der Waals surface area contributed by atoms with Crippen LogP contribution in [-0.4, -0.2) is 23.3 Å². The van der Waals surface area contributed by atoms with Crippen molar-refractivity contribution < 1.29 is 9.59 Å². The third kappa shape index (κ3) is 4.55. The van der Waals surface area contributed by atoms with Crippen LogP contribution in [0, 0.1) is 0 Å². The molecule has 1 aromatic carbocycles. The zero-order valence-corrected chi connectivity index (χ0v) is 13.5. The van der Waals surface area contributed by atoms with Gasteiger partial charge in [-0.05, 0) is 30.3 Å². The van der Waals surface area contributed by atoms with Gasteiger partial charge >= 0.3 is 0 Å². The highest BCUT2D eigenvalue weighted by atomic mass is 35.5. The van der Waals surface area contributed by atoms with E-state index in [-0.39, 0.29) is 17.2 Å². The quantitative estimate of drug-likeness (QED) is 0.810. The van der Waals surface area contributed by atoms with Gasteiger partial charge in [0, 0.05) is 23.3 Å². The molecular formula is C16H13Cl2N3O2. The Morgan fingerprint density at radius 2 is 1.96 bits per heavy atom. The Kier molecular flexibility index (Phi) is 5.73. The number of benzene rings is 1. The van der Waals surface area contributed by atoms with Crippen LogP contribution < -0.4 is 10.6 Å². The topological polar surface area (TPSA) is 71.1 Å². The SMILES string of the molecule is C=CCNC(=O)c1cc(C(=O)Nc2ccc(Cl)cc2Cl)ccn1. The predicted molar refractivity (Wildman–Crippen MR) is 91.2 cm³/mol. The maximum Gasteiger partial charge on any atom is 0.270 e. The van der Waals surface area contributed by atoms with Crippen molar-refractivity contribution >= 4 is 40.7 Å². The minimum atomic E-state index is -0.408. The number of carbonyl (C=O) groups excluding carboxylic acids is 2. The molecule has 0 atom stereocenters. The molecule has 5 nitrogen and oxygen atoms in total. The lowest BCUT2D eigenvalue weighted by atomic mass is 10.2. The number of rotatable bonds is 5. The molecule has 0 fully saturated rings. The first kappa shape index (κ1) is 17.0. The molecule has 0 saturated heterocycles. The summed E-state index contributed by atoms with van der Waals surface area (Å²) in [7, 11) is 0. The molecule has 0 unspecified atom stereocenters. The fourth-order valence-electron chi connectivity index (χ4n) is 1.74. The first-order chi connectivity index (χ1) is 11.0. The Labute approximate surface area is 143 Å². The average molecular weight is 350 g/mol. The molecule has 2 amide bonds. The average Bonchev–Trinajstić information content (AvgIpc) is 2.55. The van der Waals surface area contributed by atoms with E-state index in [0.717, 1.165) is 0 Å². The highest BCUT2D eigenvalue weighted by Crippen LogP contribution is 2.25. The number of anilines is 1. The fraction of sp³-hybridized carbons (Fsp3) is 0.0625. The highest BCUT2D eigenvalue weighted by Gasteiger charge is 2.12. The number of aromatic nitrogens is 1. The molecule has 7 heteroatoms. The summed E-state index contributed by atoms with van der Waals surface area (Å²) in [5.41, 5.74) is 0.854. The second kappa shape index (κ2) is 7.76. The summed E-state index contributed by atoms with van der Waals surface area (Å²) in [6.45, 7) is 3.83. The van der Waals surface area contributed by atoms with E-state index in [2.05, 4.69) is 22.2 Å². The summed E-state index contributed by atoms with van der Waals surface area (Å²) in [6, 6.07) is 7.64. The second-order valence-corrected chi connectivity index (χ2v) is 5.35. The van der Waals surface area contributed by atoms with E-state index in [1.54, 1.807) is 18.2 Å². The number of hydrogen-bond donors (Lipinski definition) is 2. The van der Waals surface area contributed by atoms with E-state index in [1.807, 2.05) is 0 Å². The Morgan fingerprint density at radius 3 is 2.65 bits per heavy atom. The van der Waals surface area contributed by atoms with Gasteiger partial charge in [-0.2, -0.15) is 0 Å². The van der Waals surface area contributed by atoms with Crippen LogP contribution in [-0.2, 0) is 0 Å². The second-order valence-electron chi connectivity index (χ2n) is 4.51. The molecule has 0 aliphatic rings. The lowest BCUT2D eigenvalue weighted by Crippen LogP contribution is -2.24. The largest absolute Gasteiger partial charge is 0.347 e. The van der Waals surface area contributed by atoms with Crippen LogP contribution in [0.2, 0.25) is 10.0 Å². The van der Waals surface area contributed by atoms with Crippen molar-refractivity contribution in [2.24, 2.45) is 0 Å². The van der Waals surface area contributed by atoms with Crippen LogP contribution in [0.25, 0.3) is 0 Å². The van der Waals surface area contributed by atoms with Gasteiger partial charge in [-0.25, -0.2) is 0 Å². The molecule has 0 aliphatic carbocycles. The van der Waals surface area contributed by atoms with Crippen LogP contribution in [0.1, 0.15) is 20.8 Å². The minimum Gasteiger partial charge on any atom is -0.347 e. The number of carbonyl (C=O) groups is 2. The standard InChI is InChI=1S/C16H13Cl2N3O2/c1-2-6-20-16(23)14-8-10(5-7-19-14)15(22)21-13-4-3-11(17)9-12(13)18/h2-5,7-9H,1,6H2,(H,20,23)(H,21,22). The predicted octanol–water partition coefficient (Wildman–Crippen LogP) is 3.56. The Balaban J connectivity index is 2.16. The third-order valence-corrected chi connectivity index (χ3v) is 3.39. The molecule has 0 bridgehead atoms. The minimum absolute atomic E-state index is 0.140. The van der Waals surface area contributed by atoms with Crippen LogP contribution in [0.5, 0.6) is 0 Å². The van der Waals surface area contributed by atoms with Gasteiger partial charge in [-0.3, -0.25) is 14.6 Å². The normalized spacial score (nSPS) is 10.0. The van der Waals surface area contributed by atoms with Gasteiger partial charge < -0.3 is 10.6 Å². The van der Waals surface area contributed by atoms with Crippen molar-refractivity contribution in [2.75, 3.05) is 11.9 Å². The fourth-order valence-corrected chi connectivity index (χ4v) is 2.19. The zero-order chi connectivity index (χ0) is 16.8. The van der Waals surface area contributed by atoms with E-state index in [1.165, 1.54) is 24.4 Å². The number of amides is 2. The first-order valence-corrected chi connectivity index (χ1v) is 7.38. The maximum absolute atomic E-state index is 12.3. The number of pyridine rings is 1. The molecule has 0 spiro atoms. The molecule has 2 aromatic rings. The molecule has 1 aromatic heterocycles. The molecule has 118 valence electrons. The Bertz CT molecular complexity index is 763. The Hall–Kier alpha value is -2.37. The van der Waals surface area contributed by atoms with Gasteiger partial charge in [0.1, 0.15) is 5.69 Å². The van der Waals surface area contributed by atoms with Gasteiger partial charge in [-0.1, -0.05) is 29.3 Å². The van der Waals surface area contributed by atoms with Crippen molar-refractivity contribution in [3.63, 3.8) is 0 Å². The first-order valence-electron chi connectivity index (χ1n) is 6.63. The molecule has 2 rings (SSSR count). The lowest BCUT2D eigenvalue weighted by molar-refractivity contribution is 0.0953. The molecule has 0 aliphatic heterocycles. The van der Waals surface area contributed by atoms with Gasteiger partial charge in [0.25, 0.3) is 11.8 Å². The summed E-state index contributed by atoms with van der Waals surface area (Å²) in [5, 5.41) is 6.04. The number of nitrogens with one attached hydrogen (secondary N) is 2. The molecule has 2 N–H and O–H groups in total. The van der Waals surface area contributed by atoms with E-state index in [4.69, 9.17) is 23.2 Å². The Morgan fingerprint density at radius 1 is 1.17 bits per heavy atom. The van der Waals surface area contributed by atoms with Gasteiger partial charge in [0.2, 0.25) is 0 Å². The van der Waals surface area contributed by atoms with Gasteiger partial charge in [0.15, 0.2) is 0 Å². The number of nitrogens with zero attached hydrogens (tertiary/aromatic N) is 1. The van der Waals surface area contributed by atoms with Crippen molar-refractivity contribution in [3.8, 4) is 0 Å². The molecule has 1 heterocycles. The summed E-state index contributed by atoms with van der Waals surface area (Å²) >= 11 is 11.8. The molecule has 0 saturated carbocycles. The highest BCUT2D eigenvalue weighted by molar-refractivity contribution is 6.36. The summed E-state index contributed by atoms with van der Waals surface area (Å²) < 4.78 is 0. The summed E-state index contributed by atoms with van der Waals surface area (Å²) in [4.78, 5) is 28.0. The van der Waals surface area contributed by atoms with E-state index >= 15 is 0 Å². The van der Waals surface area contributed by atoms with Crippen LogP contribution >= 0.6 is 23.2 Å². The third-order valence-electron chi connectivity index (χ3n) is 2.84. The van der Waals surface area contributed by atoms with E-state index in [9.17, 15) is 9.59 Å². The molecular weight excluding hydrogens is 337 g/mol. The van der Waals surface area contributed by atoms with Crippen molar-refractivity contribution in [3.05, 3.63) is 70.5 Å². The van der Waals surface area contributed by atoms with Crippen LogP contribution in [0.4, 0.5) is 5.69 Å². The summed E-state index contributed by atoms with van der Waals surface area (Å²) in [6.07, 6.45) is 2.94. The lowest BCUT2D eigenvalue weighted by Gasteiger charge is -2.08. The van der Waals surface area contributed by atoms with Crippen molar-refractivity contribution in [1.29, 1.82) is 0 Å². The van der Waals surface area contributed by atoms with E-state index in [0.29, 0.717) is 22.3 Å². The monoisotopic (exact) mass is 349 g/mol. The van der Waals surface area contributed by atoms with Crippen LogP contribution in [0.15, 0.2) is 49.2 Å². The molecule has 23 heavy (non-hydrogen) atoms. The smallest absolute Gasteiger partial charge is 0.270 e. The summed E-state index contributed by atoms with van der Waals surface area (Å²) in [5.74, 6) is -0.793. The van der Waals surface area contributed by atoms with Gasteiger partial charge in [-0.15, -0.1) is 6.58 Å². The number of halogens is 2. The number of hydrogen-bond acceptors (Lipinski definition) is 3. The molecule has 0 radical (unpaired) electrons. The van der Waals surface area contributed by atoms with Crippen molar-refractivity contribution in [1.82, 2.24) is 10.3 Å². The van der Waals surface area contributed by atoms with Gasteiger partial charge in [0.05, 0.1) is 10.7 Å². The van der Waals surface area contributed by atoms with Crippen molar-refractivity contribution in [2.45, 2.75) is 0 Å².